The maximum absolute atomic E-state index is 12.0. The second-order valence-electron chi connectivity index (χ2n) is 6.98. The molecular formula is C16H32N2O2. The fourth-order valence-corrected chi connectivity index (χ4v) is 2.71. The number of carbonyl (C=O) groups is 1. The van der Waals surface area contributed by atoms with Gasteiger partial charge in [0.05, 0.1) is 5.54 Å². The highest BCUT2D eigenvalue weighted by Crippen LogP contribution is 2.21. The Morgan fingerprint density at radius 1 is 1.15 bits per heavy atom. The summed E-state index contributed by atoms with van der Waals surface area (Å²) >= 11 is 0. The van der Waals surface area contributed by atoms with Crippen LogP contribution in [0, 0.1) is 0 Å². The van der Waals surface area contributed by atoms with E-state index in [1.165, 1.54) is 25.7 Å². The first-order valence-corrected chi connectivity index (χ1v) is 8.05. The van der Waals surface area contributed by atoms with Crippen LogP contribution in [0.25, 0.3) is 0 Å². The summed E-state index contributed by atoms with van der Waals surface area (Å²) in [5.74, 6) is 0. The lowest BCUT2D eigenvalue weighted by molar-refractivity contribution is 0.0444. The lowest BCUT2D eigenvalue weighted by atomic mass is 9.92. The number of hydrogen-bond acceptors (Lipinski definition) is 3. The highest BCUT2D eigenvalue weighted by atomic mass is 16.6. The molecule has 0 heterocycles. The van der Waals surface area contributed by atoms with Crippen LogP contribution < -0.4 is 10.6 Å². The number of rotatable bonds is 6. The summed E-state index contributed by atoms with van der Waals surface area (Å²) in [5, 5.41) is 6.71. The maximum atomic E-state index is 12.0. The molecule has 20 heavy (non-hydrogen) atoms. The van der Waals surface area contributed by atoms with Crippen LogP contribution in [0.1, 0.15) is 73.1 Å². The van der Waals surface area contributed by atoms with E-state index in [4.69, 9.17) is 4.74 Å². The van der Waals surface area contributed by atoms with Gasteiger partial charge in [0.2, 0.25) is 0 Å². The van der Waals surface area contributed by atoms with Gasteiger partial charge < -0.3 is 15.4 Å². The molecule has 0 saturated heterocycles. The number of alkyl carbamates (subject to hydrolysis) is 1. The normalized spacial score (nSPS) is 17.2. The Hall–Kier alpha value is -0.770. The standard InChI is InChI=1S/C16H32N2O2/c1-6-16(7-2,12-17-13-10-8-9-11-13)18-14(19)20-15(3,4)5/h13,17H,6-12H2,1-5H3,(H,18,19). The molecule has 0 atom stereocenters. The van der Waals surface area contributed by atoms with Gasteiger partial charge in [-0.05, 0) is 46.5 Å². The van der Waals surface area contributed by atoms with Gasteiger partial charge in [-0.3, -0.25) is 0 Å². The molecule has 1 aliphatic rings. The van der Waals surface area contributed by atoms with E-state index >= 15 is 0 Å². The van der Waals surface area contributed by atoms with Crippen molar-refractivity contribution in [3.05, 3.63) is 0 Å². The minimum absolute atomic E-state index is 0.203. The van der Waals surface area contributed by atoms with Crippen molar-refractivity contribution in [1.29, 1.82) is 0 Å². The Morgan fingerprint density at radius 2 is 1.70 bits per heavy atom. The molecule has 0 radical (unpaired) electrons. The largest absolute Gasteiger partial charge is 0.444 e. The fourth-order valence-electron chi connectivity index (χ4n) is 2.71. The van der Waals surface area contributed by atoms with Crippen molar-refractivity contribution in [2.45, 2.75) is 90.3 Å². The summed E-state index contributed by atoms with van der Waals surface area (Å²) in [6.45, 7) is 10.7. The van der Waals surface area contributed by atoms with E-state index in [1.54, 1.807) is 0 Å². The Balaban J connectivity index is 2.53. The highest BCUT2D eigenvalue weighted by molar-refractivity contribution is 5.68. The van der Waals surface area contributed by atoms with E-state index in [2.05, 4.69) is 24.5 Å². The molecule has 0 aliphatic heterocycles. The van der Waals surface area contributed by atoms with E-state index in [1.807, 2.05) is 20.8 Å². The Kier molecular flexibility index (Phi) is 6.31. The molecule has 0 spiro atoms. The zero-order chi connectivity index (χ0) is 15.2. The molecule has 0 aromatic heterocycles. The number of hydrogen-bond donors (Lipinski definition) is 2. The van der Waals surface area contributed by atoms with Gasteiger partial charge in [0, 0.05) is 12.6 Å². The molecular weight excluding hydrogens is 252 g/mol. The monoisotopic (exact) mass is 284 g/mol. The van der Waals surface area contributed by atoms with Crippen LogP contribution in [-0.2, 0) is 4.74 Å². The van der Waals surface area contributed by atoms with Gasteiger partial charge in [-0.2, -0.15) is 0 Å². The van der Waals surface area contributed by atoms with Crippen molar-refractivity contribution in [1.82, 2.24) is 10.6 Å². The van der Waals surface area contributed by atoms with Crippen LogP contribution in [0.5, 0.6) is 0 Å². The smallest absolute Gasteiger partial charge is 0.408 e. The van der Waals surface area contributed by atoms with Crippen molar-refractivity contribution in [2.75, 3.05) is 6.54 Å². The van der Waals surface area contributed by atoms with Crippen molar-refractivity contribution in [2.24, 2.45) is 0 Å². The number of amides is 1. The molecule has 1 rings (SSSR count). The SMILES string of the molecule is CCC(CC)(CNC1CCCC1)NC(=O)OC(C)(C)C. The van der Waals surface area contributed by atoms with Gasteiger partial charge in [0.15, 0.2) is 0 Å². The molecule has 0 aromatic carbocycles. The number of carbonyl (C=O) groups excluding carboxylic acids is 1. The molecule has 4 heteroatoms. The third kappa shape index (κ3) is 5.70. The molecule has 1 fully saturated rings. The molecule has 4 nitrogen and oxygen atoms in total. The highest BCUT2D eigenvalue weighted by Gasteiger charge is 2.31. The third-order valence-electron chi connectivity index (χ3n) is 4.20. The predicted molar refractivity (Wildman–Crippen MR) is 82.9 cm³/mol. The van der Waals surface area contributed by atoms with Crippen LogP contribution in [0.3, 0.4) is 0 Å². The average molecular weight is 284 g/mol. The average Bonchev–Trinajstić information content (AvgIpc) is 2.85. The van der Waals surface area contributed by atoms with Crippen LogP contribution >= 0.6 is 0 Å². The second-order valence-corrected chi connectivity index (χ2v) is 6.98. The fraction of sp³-hybridized carbons (Fsp3) is 0.938. The zero-order valence-corrected chi connectivity index (χ0v) is 13.8. The summed E-state index contributed by atoms with van der Waals surface area (Å²) in [5.41, 5.74) is -0.652. The minimum Gasteiger partial charge on any atom is -0.444 e. The minimum atomic E-state index is -0.448. The Labute approximate surface area is 124 Å². The summed E-state index contributed by atoms with van der Waals surface area (Å²) in [7, 11) is 0. The van der Waals surface area contributed by atoms with Crippen molar-refractivity contribution in [3.8, 4) is 0 Å². The van der Waals surface area contributed by atoms with E-state index in [-0.39, 0.29) is 11.6 Å². The second kappa shape index (κ2) is 7.30. The third-order valence-corrected chi connectivity index (χ3v) is 4.20. The molecule has 0 unspecified atom stereocenters. The quantitative estimate of drug-likeness (QED) is 0.783. The number of nitrogens with one attached hydrogen (secondary N) is 2. The zero-order valence-electron chi connectivity index (χ0n) is 13.8. The molecule has 0 bridgehead atoms. The van der Waals surface area contributed by atoms with Crippen LogP contribution in [0.2, 0.25) is 0 Å². The molecule has 1 aliphatic carbocycles. The lowest BCUT2D eigenvalue weighted by Gasteiger charge is -2.35. The first kappa shape index (κ1) is 17.3. The first-order valence-electron chi connectivity index (χ1n) is 8.05. The predicted octanol–water partition coefficient (Wildman–Crippen LogP) is 3.60. The van der Waals surface area contributed by atoms with Gasteiger partial charge in [0.1, 0.15) is 5.60 Å². The first-order chi connectivity index (χ1) is 9.30. The summed E-state index contributed by atoms with van der Waals surface area (Å²) in [6, 6.07) is 0.618. The Morgan fingerprint density at radius 3 is 2.15 bits per heavy atom. The molecule has 1 amide bonds. The summed E-state index contributed by atoms with van der Waals surface area (Å²) in [4.78, 5) is 12.0. The number of ether oxygens (including phenoxy) is 1. The molecule has 1 saturated carbocycles. The van der Waals surface area contributed by atoms with Crippen LogP contribution in [-0.4, -0.2) is 29.8 Å². The van der Waals surface area contributed by atoms with Gasteiger partial charge in [-0.15, -0.1) is 0 Å². The van der Waals surface area contributed by atoms with E-state index in [0.29, 0.717) is 6.04 Å². The van der Waals surface area contributed by atoms with E-state index in [9.17, 15) is 4.79 Å². The van der Waals surface area contributed by atoms with Crippen LogP contribution in [0.4, 0.5) is 4.79 Å². The van der Waals surface area contributed by atoms with E-state index in [0.717, 1.165) is 19.4 Å². The molecule has 0 aromatic rings. The van der Waals surface area contributed by atoms with Crippen molar-refractivity contribution >= 4 is 6.09 Å². The topological polar surface area (TPSA) is 50.4 Å². The van der Waals surface area contributed by atoms with Crippen molar-refractivity contribution in [3.63, 3.8) is 0 Å². The lowest BCUT2D eigenvalue weighted by Crippen LogP contribution is -2.56. The summed E-state index contributed by atoms with van der Waals surface area (Å²) in [6.07, 6.45) is 6.66. The van der Waals surface area contributed by atoms with Gasteiger partial charge in [0.25, 0.3) is 0 Å². The van der Waals surface area contributed by atoms with Gasteiger partial charge in [-0.25, -0.2) is 4.79 Å². The van der Waals surface area contributed by atoms with Gasteiger partial charge >= 0.3 is 6.09 Å². The van der Waals surface area contributed by atoms with Crippen LogP contribution in [0.15, 0.2) is 0 Å². The molecule has 2 N–H and O–H groups in total. The van der Waals surface area contributed by atoms with Crippen molar-refractivity contribution < 1.29 is 9.53 Å². The van der Waals surface area contributed by atoms with E-state index < -0.39 is 5.60 Å². The van der Waals surface area contributed by atoms with Gasteiger partial charge in [-0.1, -0.05) is 26.7 Å². The Bertz CT molecular complexity index is 300. The molecule has 118 valence electrons. The maximum Gasteiger partial charge on any atom is 0.408 e. The summed E-state index contributed by atoms with van der Waals surface area (Å²) < 4.78 is 5.39.